The molecule has 24 heavy (non-hydrogen) atoms. The fourth-order valence-electron chi connectivity index (χ4n) is 3.60. The lowest BCUT2D eigenvalue weighted by Gasteiger charge is -2.26. The lowest BCUT2D eigenvalue weighted by molar-refractivity contribution is -0.130. The summed E-state index contributed by atoms with van der Waals surface area (Å²) >= 11 is 0. The quantitative estimate of drug-likeness (QED) is 0.751. The zero-order valence-corrected chi connectivity index (χ0v) is 14.5. The Balaban J connectivity index is 1.43. The van der Waals surface area contributed by atoms with Crippen LogP contribution in [0.2, 0.25) is 0 Å². The van der Waals surface area contributed by atoms with E-state index >= 15 is 0 Å². The van der Waals surface area contributed by atoms with Crippen molar-refractivity contribution in [2.24, 2.45) is 0 Å². The molecule has 1 aromatic rings. The van der Waals surface area contributed by atoms with Gasteiger partial charge in [-0.2, -0.15) is 0 Å². The molecule has 1 spiro atoms. The summed E-state index contributed by atoms with van der Waals surface area (Å²) in [6, 6.07) is 7.59. The van der Waals surface area contributed by atoms with Gasteiger partial charge in [-0.3, -0.25) is 4.79 Å². The Labute approximate surface area is 143 Å². The highest BCUT2D eigenvalue weighted by Gasteiger charge is 2.38. The predicted octanol–water partition coefficient (Wildman–Crippen LogP) is 3.03. The molecule has 1 amide bonds. The number of amides is 1. The minimum absolute atomic E-state index is 0.0263. The van der Waals surface area contributed by atoms with Gasteiger partial charge in [-0.15, -0.1) is 0 Å². The van der Waals surface area contributed by atoms with E-state index in [0.717, 1.165) is 63.3 Å². The molecule has 0 N–H and O–H groups in total. The summed E-state index contributed by atoms with van der Waals surface area (Å²) in [4.78, 5) is 14.3. The van der Waals surface area contributed by atoms with Crippen LogP contribution >= 0.6 is 0 Å². The lowest BCUT2D eigenvalue weighted by atomic mass is 9.92. The minimum atomic E-state index is -0.0263. The van der Waals surface area contributed by atoms with E-state index in [4.69, 9.17) is 14.2 Å². The van der Waals surface area contributed by atoms with Crippen molar-refractivity contribution in [2.75, 3.05) is 33.4 Å². The average Bonchev–Trinajstić information content (AvgIpc) is 3.02. The van der Waals surface area contributed by atoms with Crippen molar-refractivity contribution in [3.8, 4) is 11.5 Å². The molecule has 2 heterocycles. The summed E-state index contributed by atoms with van der Waals surface area (Å²) in [7, 11) is 1.64. The highest BCUT2D eigenvalue weighted by Crippen LogP contribution is 2.35. The van der Waals surface area contributed by atoms with Crippen LogP contribution in [0.3, 0.4) is 0 Å². The van der Waals surface area contributed by atoms with Crippen LogP contribution in [0, 0.1) is 0 Å². The zero-order valence-electron chi connectivity index (χ0n) is 14.5. The number of likely N-dealkylation sites (tertiary alicyclic amines) is 1. The second kappa shape index (κ2) is 7.88. The Morgan fingerprint density at radius 2 is 2.12 bits per heavy atom. The molecule has 0 aliphatic carbocycles. The highest BCUT2D eigenvalue weighted by molar-refractivity contribution is 5.76. The van der Waals surface area contributed by atoms with Crippen molar-refractivity contribution < 1.29 is 19.0 Å². The fraction of sp³-hybridized carbons (Fsp3) is 0.632. The van der Waals surface area contributed by atoms with Gasteiger partial charge in [0.15, 0.2) is 0 Å². The van der Waals surface area contributed by atoms with Crippen molar-refractivity contribution >= 4 is 5.91 Å². The zero-order chi connectivity index (χ0) is 16.8. The Morgan fingerprint density at radius 1 is 1.25 bits per heavy atom. The van der Waals surface area contributed by atoms with Crippen molar-refractivity contribution in [1.29, 1.82) is 0 Å². The molecule has 5 heteroatoms. The number of hydrogen-bond donors (Lipinski definition) is 0. The van der Waals surface area contributed by atoms with Gasteiger partial charge in [0.25, 0.3) is 0 Å². The third-order valence-electron chi connectivity index (χ3n) is 5.05. The SMILES string of the molecule is COc1cccc(OCCCN2CC[C@@]3(CCCO3)CCC2=O)c1. The molecular weight excluding hydrogens is 306 g/mol. The van der Waals surface area contributed by atoms with Gasteiger partial charge in [-0.1, -0.05) is 6.07 Å². The number of benzene rings is 1. The minimum Gasteiger partial charge on any atom is -0.497 e. The molecule has 2 saturated heterocycles. The van der Waals surface area contributed by atoms with Crippen LogP contribution in [0.1, 0.15) is 38.5 Å². The van der Waals surface area contributed by atoms with Crippen molar-refractivity contribution in [2.45, 2.75) is 44.1 Å². The van der Waals surface area contributed by atoms with E-state index in [9.17, 15) is 4.79 Å². The summed E-state index contributed by atoms with van der Waals surface area (Å²) < 4.78 is 16.9. The van der Waals surface area contributed by atoms with E-state index in [2.05, 4.69) is 0 Å². The van der Waals surface area contributed by atoms with Crippen LogP contribution in [0.25, 0.3) is 0 Å². The first-order valence-electron chi connectivity index (χ1n) is 8.89. The van der Waals surface area contributed by atoms with E-state index in [0.29, 0.717) is 13.0 Å². The standard InChI is InChI=1S/C19H27NO4/c1-22-16-5-2-6-17(15-16)23-13-4-11-20-12-10-19(8-3-14-24-19)9-7-18(20)21/h2,5-6,15H,3-4,7-14H2,1H3/t19-/m1/s1. The summed E-state index contributed by atoms with van der Waals surface area (Å²) in [6.07, 6.45) is 5.52. The first-order chi connectivity index (χ1) is 11.7. The first-order valence-corrected chi connectivity index (χ1v) is 8.89. The molecule has 0 aromatic heterocycles. The second-order valence-corrected chi connectivity index (χ2v) is 6.65. The molecule has 2 aliphatic rings. The van der Waals surface area contributed by atoms with E-state index in [-0.39, 0.29) is 11.5 Å². The third-order valence-corrected chi connectivity index (χ3v) is 5.05. The molecule has 2 fully saturated rings. The van der Waals surface area contributed by atoms with Gasteiger partial charge < -0.3 is 19.1 Å². The third kappa shape index (κ3) is 4.20. The van der Waals surface area contributed by atoms with Crippen molar-refractivity contribution in [1.82, 2.24) is 4.90 Å². The maximum Gasteiger partial charge on any atom is 0.222 e. The fourth-order valence-corrected chi connectivity index (χ4v) is 3.60. The van der Waals surface area contributed by atoms with Gasteiger partial charge in [0, 0.05) is 32.2 Å². The Bertz CT molecular complexity index is 554. The maximum absolute atomic E-state index is 12.3. The normalized spacial score (nSPS) is 24.2. The van der Waals surface area contributed by atoms with Crippen LogP contribution in [-0.4, -0.2) is 49.8 Å². The van der Waals surface area contributed by atoms with Crippen molar-refractivity contribution in [3.63, 3.8) is 0 Å². The Kier molecular flexibility index (Phi) is 5.61. The summed E-state index contributed by atoms with van der Waals surface area (Å²) in [6.45, 7) is 3.00. The average molecular weight is 333 g/mol. The Morgan fingerprint density at radius 3 is 2.92 bits per heavy atom. The van der Waals surface area contributed by atoms with Crippen LogP contribution in [0.15, 0.2) is 24.3 Å². The van der Waals surface area contributed by atoms with Gasteiger partial charge >= 0.3 is 0 Å². The second-order valence-electron chi connectivity index (χ2n) is 6.65. The van der Waals surface area contributed by atoms with Gasteiger partial charge in [0.1, 0.15) is 11.5 Å². The van der Waals surface area contributed by atoms with Crippen LogP contribution in [-0.2, 0) is 9.53 Å². The molecule has 0 bridgehead atoms. The topological polar surface area (TPSA) is 48.0 Å². The van der Waals surface area contributed by atoms with Gasteiger partial charge in [-0.05, 0) is 44.2 Å². The number of carbonyl (C=O) groups is 1. The molecule has 2 aliphatic heterocycles. The molecule has 3 rings (SSSR count). The molecule has 132 valence electrons. The smallest absolute Gasteiger partial charge is 0.222 e. The molecule has 0 radical (unpaired) electrons. The van der Waals surface area contributed by atoms with Gasteiger partial charge in [0.2, 0.25) is 5.91 Å². The number of hydrogen-bond acceptors (Lipinski definition) is 4. The van der Waals surface area contributed by atoms with E-state index in [1.54, 1.807) is 7.11 Å². The van der Waals surface area contributed by atoms with E-state index in [1.165, 1.54) is 0 Å². The van der Waals surface area contributed by atoms with E-state index in [1.807, 2.05) is 29.2 Å². The maximum atomic E-state index is 12.3. The summed E-state index contributed by atoms with van der Waals surface area (Å²) in [5, 5.41) is 0. The summed E-state index contributed by atoms with van der Waals surface area (Å²) in [5.41, 5.74) is -0.0263. The summed E-state index contributed by atoms with van der Waals surface area (Å²) in [5.74, 6) is 1.84. The molecule has 1 atom stereocenters. The number of ether oxygens (including phenoxy) is 3. The van der Waals surface area contributed by atoms with Crippen molar-refractivity contribution in [3.05, 3.63) is 24.3 Å². The molecular formula is C19H27NO4. The van der Waals surface area contributed by atoms with Crippen LogP contribution in [0.4, 0.5) is 0 Å². The van der Waals surface area contributed by atoms with E-state index < -0.39 is 0 Å². The number of rotatable bonds is 6. The lowest BCUT2D eigenvalue weighted by Crippen LogP contribution is -2.33. The van der Waals surface area contributed by atoms with Gasteiger partial charge in [0.05, 0.1) is 19.3 Å². The molecule has 5 nitrogen and oxygen atoms in total. The molecule has 0 saturated carbocycles. The predicted molar refractivity (Wildman–Crippen MR) is 91.5 cm³/mol. The van der Waals surface area contributed by atoms with Gasteiger partial charge in [-0.25, -0.2) is 0 Å². The first kappa shape index (κ1) is 17.1. The largest absolute Gasteiger partial charge is 0.497 e. The molecule has 1 aromatic carbocycles. The Hall–Kier alpha value is -1.75. The highest BCUT2D eigenvalue weighted by atomic mass is 16.5. The van der Waals surface area contributed by atoms with Crippen LogP contribution < -0.4 is 9.47 Å². The molecule has 0 unspecified atom stereocenters. The number of nitrogens with zero attached hydrogens (tertiary/aromatic N) is 1. The number of carbonyl (C=O) groups excluding carboxylic acids is 1. The monoisotopic (exact) mass is 333 g/mol. The van der Waals surface area contributed by atoms with Crippen LogP contribution in [0.5, 0.6) is 11.5 Å². The number of methoxy groups -OCH3 is 1.